The first-order valence-electron chi connectivity index (χ1n) is 4.53. The van der Waals surface area contributed by atoms with E-state index in [4.69, 9.17) is 11.6 Å². The van der Waals surface area contributed by atoms with Gasteiger partial charge in [0.1, 0.15) is 17.5 Å². The van der Waals surface area contributed by atoms with Crippen LogP contribution in [0.25, 0.3) is 16.0 Å². The van der Waals surface area contributed by atoms with Gasteiger partial charge in [0.05, 0.1) is 5.39 Å². The van der Waals surface area contributed by atoms with Gasteiger partial charge in [-0.3, -0.25) is 0 Å². The molecular formula is C9H6ClN5S. The van der Waals surface area contributed by atoms with E-state index < -0.39 is 0 Å². The molecule has 5 nitrogen and oxygen atoms in total. The molecule has 0 aromatic carbocycles. The predicted octanol–water partition coefficient (Wildman–Crippen LogP) is 2.23. The smallest absolute Gasteiger partial charge is 0.223 e. The van der Waals surface area contributed by atoms with E-state index in [2.05, 4.69) is 20.1 Å². The van der Waals surface area contributed by atoms with Gasteiger partial charge in [0, 0.05) is 4.88 Å². The molecule has 0 fully saturated rings. The van der Waals surface area contributed by atoms with E-state index in [0.29, 0.717) is 5.82 Å². The standard InChI is InChI=1S/C9H6ClN5S/c1-5-2-6-7(15-4-11-3-12-15)13-9(10)14-8(6)16-5/h2-4H,1H3. The lowest BCUT2D eigenvalue weighted by Crippen LogP contribution is -1.99. The minimum atomic E-state index is 0.222. The van der Waals surface area contributed by atoms with Gasteiger partial charge in [-0.15, -0.1) is 11.3 Å². The lowest BCUT2D eigenvalue weighted by atomic mass is 10.3. The van der Waals surface area contributed by atoms with Crippen LogP contribution in [-0.4, -0.2) is 24.7 Å². The van der Waals surface area contributed by atoms with E-state index in [1.165, 1.54) is 6.33 Å². The lowest BCUT2D eigenvalue weighted by molar-refractivity contribution is 0.850. The molecule has 0 amide bonds. The third kappa shape index (κ3) is 1.46. The summed E-state index contributed by atoms with van der Waals surface area (Å²) in [5, 5.41) is 5.21. The second-order valence-corrected chi connectivity index (χ2v) is 4.81. The molecule has 0 aliphatic rings. The highest BCUT2D eigenvalue weighted by Crippen LogP contribution is 2.28. The maximum atomic E-state index is 5.87. The molecule has 16 heavy (non-hydrogen) atoms. The van der Waals surface area contributed by atoms with Gasteiger partial charge in [-0.05, 0) is 24.6 Å². The Bertz CT molecular complexity index is 645. The average Bonchev–Trinajstić information content (AvgIpc) is 2.83. The monoisotopic (exact) mass is 251 g/mol. The molecule has 0 N–H and O–H groups in total. The molecule has 3 rings (SSSR count). The Kier molecular flexibility index (Phi) is 2.12. The van der Waals surface area contributed by atoms with E-state index >= 15 is 0 Å². The fourth-order valence-corrected chi connectivity index (χ4v) is 2.58. The number of hydrogen-bond donors (Lipinski definition) is 0. The highest BCUT2D eigenvalue weighted by atomic mass is 35.5. The van der Waals surface area contributed by atoms with Gasteiger partial charge >= 0.3 is 0 Å². The third-order valence-electron chi connectivity index (χ3n) is 2.10. The van der Waals surface area contributed by atoms with Crippen LogP contribution in [0.2, 0.25) is 5.28 Å². The van der Waals surface area contributed by atoms with Gasteiger partial charge in [-0.1, -0.05) is 0 Å². The zero-order chi connectivity index (χ0) is 11.1. The van der Waals surface area contributed by atoms with Crippen molar-refractivity contribution >= 4 is 33.2 Å². The van der Waals surface area contributed by atoms with Crippen molar-refractivity contribution in [3.8, 4) is 5.82 Å². The van der Waals surface area contributed by atoms with E-state index in [1.54, 1.807) is 22.3 Å². The Morgan fingerprint density at radius 2 is 2.25 bits per heavy atom. The molecule has 0 spiro atoms. The zero-order valence-corrected chi connectivity index (χ0v) is 9.83. The maximum Gasteiger partial charge on any atom is 0.225 e. The molecule has 0 atom stereocenters. The summed E-state index contributed by atoms with van der Waals surface area (Å²) in [5.74, 6) is 0.664. The summed E-state index contributed by atoms with van der Waals surface area (Å²) in [7, 11) is 0. The quantitative estimate of drug-likeness (QED) is 0.623. The number of nitrogens with zero attached hydrogens (tertiary/aromatic N) is 5. The maximum absolute atomic E-state index is 5.87. The Morgan fingerprint density at radius 3 is 3.00 bits per heavy atom. The van der Waals surface area contributed by atoms with Gasteiger partial charge in [-0.2, -0.15) is 10.1 Å². The Morgan fingerprint density at radius 1 is 1.38 bits per heavy atom. The number of halogens is 1. The number of thiophene rings is 1. The summed E-state index contributed by atoms with van der Waals surface area (Å²) in [4.78, 5) is 14.3. The van der Waals surface area contributed by atoms with Gasteiger partial charge in [0.2, 0.25) is 5.28 Å². The number of fused-ring (bicyclic) bond motifs is 1. The molecule has 0 bridgehead atoms. The van der Waals surface area contributed by atoms with Crippen LogP contribution in [0.1, 0.15) is 4.88 Å². The topological polar surface area (TPSA) is 56.5 Å². The first kappa shape index (κ1) is 9.68. The third-order valence-corrected chi connectivity index (χ3v) is 3.22. The Labute approximate surface area is 99.7 Å². The van der Waals surface area contributed by atoms with Crippen LogP contribution in [0.15, 0.2) is 18.7 Å². The fraction of sp³-hybridized carbons (Fsp3) is 0.111. The van der Waals surface area contributed by atoms with Crippen LogP contribution in [0.3, 0.4) is 0 Å². The van der Waals surface area contributed by atoms with Crippen molar-refractivity contribution in [3.05, 3.63) is 28.9 Å². The molecule has 3 aromatic rings. The van der Waals surface area contributed by atoms with Crippen molar-refractivity contribution in [1.82, 2.24) is 24.7 Å². The van der Waals surface area contributed by atoms with E-state index in [-0.39, 0.29) is 5.28 Å². The number of hydrogen-bond acceptors (Lipinski definition) is 5. The first-order valence-corrected chi connectivity index (χ1v) is 5.72. The normalized spacial score (nSPS) is 11.1. The molecule has 0 saturated carbocycles. The minimum Gasteiger partial charge on any atom is -0.223 e. The predicted molar refractivity (Wildman–Crippen MR) is 62.1 cm³/mol. The van der Waals surface area contributed by atoms with E-state index in [0.717, 1.165) is 15.1 Å². The van der Waals surface area contributed by atoms with Gasteiger partial charge in [-0.25, -0.2) is 14.6 Å². The molecular weight excluding hydrogens is 246 g/mol. The van der Waals surface area contributed by atoms with Gasteiger partial charge in [0.15, 0.2) is 5.82 Å². The summed E-state index contributed by atoms with van der Waals surface area (Å²) in [6.07, 6.45) is 3.05. The van der Waals surface area contributed by atoms with Crippen LogP contribution in [0.4, 0.5) is 0 Å². The second kappa shape index (κ2) is 3.50. The molecule has 0 saturated heterocycles. The number of aryl methyl sites for hydroxylation is 1. The van der Waals surface area contributed by atoms with Gasteiger partial charge in [0.25, 0.3) is 0 Å². The van der Waals surface area contributed by atoms with Crippen molar-refractivity contribution < 1.29 is 0 Å². The SMILES string of the molecule is Cc1cc2c(-n3cncn3)nc(Cl)nc2s1. The molecule has 3 aromatic heterocycles. The molecule has 0 radical (unpaired) electrons. The van der Waals surface area contributed by atoms with Crippen molar-refractivity contribution in [3.63, 3.8) is 0 Å². The fourth-order valence-electron chi connectivity index (χ4n) is 1.49. The molecule has 0 aliphatic carbocycles. The highest BCUT2D eigenvalue weighted by molar-refractivity contribution is 7.18. The van der Waals surface area contributed by atoms with Crippen molar-refractivity contribution in [1.29, 1.82) is 0 Å². The Balaban J connectivity index is 2.38. The summed E-state index contributed by atoms with van der Waals surface area (Å²) in [6, 6.07) is 2.02. The van der Waals surface area contributed by atoms with Crippen molar-refractivity contribution in [2.75, 3.05) is 0 Å². The van der Waals surface area contributed by atoms with Crippen LogP contribution < -0.4 is 0 Å². The second-order valence-electron chi connectivity index (χ2n) is 3.23. The molecule has 7 heteroatoms. The van der Waals surface area contributed by atoms with Crippen LogP contribution in [-0.2, 0) is 0 Å². The summed E-state index contributed by atoms with van der Waals surface area (Å²) in [6.45, 7) is 2.02. The van der Waals surface area contributed by atoms with Crippen molar-refractivity contribution in [2.45, 2.75) is 6.92 Å². The largest absolute Gasteiger partial charge is 0.225 e. The van der Waals surface area contributed by atoms with Gasteiger partial charge < -0.3 is 0 Å². The highest BCUT2D eigenvalue weighted by Gasteiger charge is 2.11. The summed E-state index contributed by atoms with van der Waals surface area (Å²) < 4.78 is 1.59. The first-order chi connectivity index (χ1) is 7.74. The average molecular weight is 252 g/mol. The molecule has 80 valence electrons. The molecule has 0 aliphatic heterocycles. The Hall–Kier alpha value is -1.53. The van der Waals surface area contributed by atoms with E-state index in [1.807, 2.05) is 13.0 Å². The van der Waals surface area contributed by atoms with Crippen LogP contribution in [0, 0.1) is 6.92 Å². The zero-order valence-electron chi connectivity index (χ0n) is 8.25. The number of rotatable bonds is 1. The summed E-state index contributed by atoms with van der Waals surface area (Å²) in [5.41, 5.74) is 0. The van der Waals surface area contributed by atoms with E-state index in [9.17, 15) is 0 Å². The summed E-state index contributed by atoms with van der Waals surface area (Å²) >= 11 is 7.45. The lowest BCUT2D eigenvalue weighted by Gasteiger charge is -2.00. The van der Waals surface area contributed by atoms with Crippen molar-refractivity contribution in [2.24, 2.45) is 0 Å². The van der Waals surface area contributed by atoms with Crippen LogP contribution >= 0.6 is 22.9 Å². The molecule has 3 heterocycles. The minimum absolute atomic E-state index is 0.222. The molecule has 0 unspecified atom stereocenters. The number of aromatic nitrogens is 5. The van der Waals surface area contributed by atoms with Crippen LogP contribution in [0.5, 0.6) is 0 Å².